The molecule has 0 unspecified atom stereocenters. The van der Waals surface area contributed by atoms with E-state index in [0.29, 0.717) is 17.6 Å². The number of aromatic hydroxyl groups is 1. The number of hydrogen-bond donors (Lipinski definition) is 1. The van der Waals surface area contributed by atoms with Gasteiger partial charge in [-0.15, -0.1) is 0 Å². The zero-order valence-electron chi connectivity index (χ0n) is 9.24. The molecule has 0 heterocycles. The summed E-state index contributed by atoms with van der Waals surface area (Å²) in [5.41, 5.74) is 0.356. The van der Waals surface area contributed by atoms with Crippen LogP contribution in [-0.4, -0.2) is 17.7 Å². The molecule has 0 atom stereocenters. The van der Waals surface area contributed by atoms with E-state index in [1.807, 2.05) is 12.1 Å². The van der Waals surface area contributed by atoms with E-state index in [9.17, 15) is 9.90 Å². The fraction of sp³-hybridized carbons (Fsp3) is 0.154. The Hall–Kier alpha value is -1.55. The summed E-state index contributed by atoms with van der Waals surface area (Å²) in [4.78, 5) is 11.6. The molecular weight excluding hydrogens is 284 g/mol. The highest BCUT2D eigenvalue weighted by Crippen LogP contribution is 2.29. The Labute approximate surface area is 107 Å². The first-order valence-corrected chi connectivity index (χ1v) is 6.00. The van der Waals surface area contributed by atoms with E-state index in [1.54, 1.807) is 19.1 Å². The van der Waals surface area contributed by atoms with Crippen molar-refractivity contribution in [1.82, 2.24) is 0 Å². The largest absolute Gasteiger partial charge is 0.507 e. The van der Waals surface area contributed by atoms with E-state index >= 15 is 0 Å². The number of fused-ring (bicyclic) bond motifs is 1. The number of carbonyl (C=O) groups excluding carboxylic acids is 1. The first-order valence-electron chi connectivity index (χ1n) is 5.21. The zero-order valence-corrected chi connectivity index (χ0v) is 10.8. The van der Waals surface area contributed by atoms with Crippen molar-refractivity contribution in [3.63, 3.8) is 0 Å². The van der Waals surface area contributed by atoms with Crippen molar-refractivity contribution in [1.29, 1.82) is 0 Å². The van der Waals surface area contributed by atoms with Gasteiger partial charge >= 0.3 is 5.97 Å². The van der Waals surface area contributed by atoms with Crippen LogP contribution in [0.4, 0.5) is 0 Å². The van der Waals surface area contributed by atoms with Crippen molar-refractivity contribution < 1.29 is 14.6 Å². The van der Waals surface area contributed by atoms with Crippen LogP contribution in [-0.2, 0) is 4.74 Å². The van der Waals surface area contributed by atoms with Gasteiger partial charge in [0.25, 0.3) is 0 Å². The third kappa shape index (κ3) is 2.42. The second-order valence-corrected chi connectivity index (χ2v) is 4.50. The highest BCUT2D eigenvalue weighted by molar-refractivity contribution is 9.10. The average Bonchev–Trinajstić information content (AvgIpc) is 2.28. The molecule has 0 radical (unpaired) electrons. The Balaban J connectivity index is 2.57. The van der Waals surface area contributed by atoms with Crippen molar-refractivity contribution in [3.8, 4) is 5.75 Å². The van der Waals surface area contributed by atoms with Crippen LogP contribution >= 0.6 is 15.9 Å². The topological polar surface area (TPSA) is 46.5 Å². The number of benzene rings is 2. The van der Waals surface area contributed by atoms with Crippen LogP contribution in [0, 0.1) is 0 Å². The zero-order chi connectivity index (χ0) is 12.4. The second-order valence-electron chi connectivity index (χ2n) is 3.58. The van der Waals surface area contributed by atoms with Crippen LogP contribution in [0.15, 0.2) is 34.8 Å². The summed E-state index contributed by atoms with van der Waals surface area (Å²) in [6.07, 6.45) is 0. The SMILES string of the molecule is CCOC(=O)c1cc(O)c2ccc(Br)cc2c1. The lowest BCUT2D eigenvalue weighted by Crippen LogP contribution is -2.04. The molecule has 0 aromatic heterocycles. The van der Waals surface area contributed by atoms with E-state index in [2.05, 4.69) is 15.9 Å². The highest BCUT2D eigenvalue weighted by atomic mass is 79.9. The lowest BCUT2D eigenvalue weighted by atomic mass is 10.1. The number of esters is 1. The summed E-state index contributed by atoms with van der Waals surface area (Å²) < 4.78 is 5.79. The van der Waals surface area contributed by atoms with E-state index in [-0.39, 0.29) is 5.75 Å². The van der Waals surface area contributed by atoms with Gasteiger partial charge in [0.05, 0.1) is 12.2 Å². The first-order chi connectivity index (χ1) is 8.11. The predicted molar refractivity (Wildman–Crippen MR) is 69.3 cm³/mol. The number of hydrogen-bond acceptors (Lipinski definition) is 3. The molecule has 17 heavy (non-hydrogen) atoms. The second kappa shape index (κ2) is 4.75. The Kier molecular flexibility index (Phi) is 3.33. The van der Waals surface area contributed by atoms with Gasteiger partial charge in [-0.25, -0.2) is 4.79 Å². The molecule has 0 saturated heterocycles. The number of rotatable bonds is 2. The smallest absolute Gasteiger partial charge is 0.338 e. The summed E-state index contributed by atoms with van der Waals surface area (Å²) in [6.45, 7) is 2.06. The molecule has 0 saturated carbocycles. The Morgan fingerprint density at radius 3 is 2.82 bits per heavy atom. The lowest BCUT2D eigenvalue weighted by molar-refractivity contribution is 0.0526. The summed E-state index contributed by atoms with van der Waals surface area (Å²) in [5.74, 6) is -0.345. The molecule has 0 aliphatic carbocycles. The van der Waals surface area contributed by atoms with Crippen LogP contribution < -0.4 is 0 Å². The molecule has 0 spiro atoms. The minimum absolute atomic E-state index is 0.0815. The lowest BCUT2D eigenvalue weighted by Gasteiger charge is -2.06. The van der Waals surface area contributed by atoms with Crippen molar-refractivity contribution in [3.05, 3.63) is 40.4 Å². The van der Waals surface area contributed by atoms with Gasteiger partial charge in [-0.1, -0.05) is 15.9 Å². The Bertz CT molecular complexity index is 578. The third-order valence-electron chi connectivity index (χ3n) is 2.40. The maximum atomic E-state index is 11.6. The molecule has 3 nitrogen and oxygen atoms in total. The monoisotopic (exact) mass is 294 g/mol. The fourth-order valence-corrected chi connectivity index (χ4v) is 2.03. The summed E-state index contributed by atoms with van der Waals surface area (Å²) in [7, 11) is 0. The average molecular weight is 295 g/mol. The van der Waals surface area contributed by atoms with Crippen LogP contribution in [0.3, 0.4) is 0 Å². The fourth-order valence-electron chi connectivity index (χ4n) is 1.65. The minimum Gasteiger partial charge on any atom is -0.507 e. The van der Waals surface area contributed by atoms with E-state index in [4.69, 9.17) is 4.74 Å². The van der Waals surface area contributed by atoms with Crippen molar-refractivity contribution >= 4 is 32.7 Å². The Morgan fingerprint density at radius 1 is 1.35 bits per heavy atom. The Morgan fingerprint density at radius 2 is 2.12 bits per heavy atom. The van der Waals surface area contributed by atoms with Crippen LogP contribution in [0.5, 0.6) is 5.75 Å². The van der Waals surface area contributed by atoms with Gasteiger partial charge in [0.2, 0.25) is 0 Å². The van der Waals surface area contributed by atoms with Crippen molar-refractivity contribution in [2.24, 2.45) is 0 Å². The number of phenolic OH excluding ortho intramolecular Hbond substituents is 1. The molecule has 0 aliphatic heterocycles. The molecule has 1 N–H and O–H groups in total. The summed E-state index contributed by atoms with van der Waals surface area (Å²) in [6, 6.07) is 8.61. The minimum atomic E-state index is -0.426. The molecule has 2 aromatic rings. The predicted octanol–water partition coefficient (Wildman–Crippen LogP) is 3.48. The molecule has 2 aromatic carbocycles. The first kappa shape index (κ1) is 11.9. The number of ether oxygens (including phenoxy) is 1. The maximum Gasteiger partial charge on any atom is 0.338 e. The van der Waals surface area contributed by atoms with Crippen molar-refractivity contribution in [2.75, 3.05) is 6.61 Å². The van der Waals surface area contributed by atoms with E-state index in [0.717, 1.165) is 9.86 Å². The molecule has 0 bridgehead atoms. The molecule has 0 amide bonds. The highest BCUT2D eigenvalue weighted by Gasteiger charge is 2.10. The van der Waals surface area contributed by atoms with Gasteiger partial charge in [-0.3, -0.25) is 0 Å². The van der Waals surface area contributed by atoms with Gasteiger partial charge in [0.15, 0.2) is 0 Å². The van der Waals surface area contributed by atoms with E-state index in [1.165, 1.54) is 6.07 Å². The van der Waals surface area contributed by atoms with Crippen LogP contribution in [0.25, 0.3) is 10.8 Å². The quantitative estimate of drug-likeness (QED) is 0.863. The van der Waals surface area contributed by atoms with Crippen LogP contribution in [0.2, 0.25) is 0 Å². The van der Waals surface area contributed by atoms with Gasteiger partial charge < -0.3 is 9.84 Å². The van der Waals surface area contributed by atoms with Gasteiger partial charge in [0.1, 0.15) is 5.75 Å². The standard InChI is InChI=1S/C13H11BrO3/c1-2-17-13(16)9-5-8-6-10(14)3-4-11(8)12(15)7-9/h3-7,15H,2H2,1H3. The number of phenols is 1. The van der Waals surface area contributed by atoms with Gasteiger partial charge in [-0.05, 0) is 42.6 Å². The summed E-state index contributed by atoms with van der Waals surface area (Å²) >= 11 is 3.35. The third-order valence-corrected chi connectivity index (χ3v) is 2.90. The molecule has 88 valence electrons. The number of halogens is 1. The normalized spacial score (nSPS) is 10.5. The van der Waals surface area contributed by atoms with Crippen LogP contribution in [0.1, 0.15) is 17.3 Å². The van der Waals surface area contributed by atoms with Crippen molar-refractivity contribution in [2.45, 2.75) is 6.92 Å². The molecule has 0 aliphatic rings. The maximum absolute atomic E-state index is 11.6. The molecule has 2 rings (SSSR count). The molecule has 4 heteroatoms. The number of carbonyl (C=O) groups is 1. The molecule has 0 fully saturated rings. The van der Waals surface area contributed by atoms with Gasteiger partial charge in [-0.2, -0.15) is 0 Å². The summed E-state index contributed by atoms with van der Waals surface area (Å²) in [5, 5.41) is 11.3. The molecular formula is C13H11BrO3. The van der Waals surface area contributed by atoms with Gasteiger partial charge in [0, 0.05) is 9.86 Å². The van der Waals surface area contributed by atoms with E-state index < -0.39 is 5.97 Å².